The second-order valence-corrected chi connectivity index (χ2v) is 8.01. The highest BCUT2D eigenvalue weighted by atomic mass is 32.1. The number of aryl methyl sites for hydroxylation is 3. The van der Waals surface area contributed by atoms with Crippen LogP contribution in [0.15, 0.2) is 17.5 Å². The number of thiazole rings is 1. The number of nitrogens with one attached hydrogen (secondary N) is 1. The van der Waals surface area contributed by atoms with E-state index in [1.54, 1.807) is 7.05 Å². The van der Waals surface area contributed by atoms with Crippen LogP contribution in [0.2, 0.25) is 0 Å². The average Bonchev–Trinajstić information content (AvgIpc) is 3.13. The van der Waals surface area contributed by atoms with Crippen molar-refractivity contribution >= 4 is 34.3 Å². The Labute approximate surface area is 168 Å². The number of aromatic nitrogens is 1. The minimum Gasteiger partial charge on any atom is -0.318 e. The molecule has 1 aromatic carbocycles. The fourth-order valence-corrected chi connectivity index (χ4v) is 4.22. The molecule has 0 unspecified atom stereocenters. The number of carbonyl (C=O) groups is 3. The van der Waals surface area contributed by atoms with Crippen molar-refractivity contribution in [3.8, 4) is 11.3 Å². The summed E-state index contributed by atoms with van der Waals surface area (Å²) in [6, 6.07) is 3.94. The largest absolute Gasteiger partial charge is 0.326 e. The Morgan fingerprint density at radius 1 is 1.21 bits per heavy atom. The van der Waals surface area contributed by atoms with E-state index in [0.717, 1.165) is 22.4 Å². The lowest BCUT2D eigenvalue weighted by molar-refractivity contribution is -0.125. The Balaban J connectivity index is 1.56. The van der Waals surface area contributed by atoms with Crippen molar-refractivity contribution in [2.45, 2.75) is 33.6 Å². The third-order valence-corrected chi connectivity index (χ3v) is 5.46. The van der Waals surface area contributed by atoms with Crippen LogP contribution >= 0.6 is 11.3 Å². The molecule has 0 radical (unpaired) electrons. The van der Waals surface area contributed by atoms with Crippen LogP contribution in [0.3, 0.4) is 0 Å². The predicted octanol–water partition coefficient (Wildman–Crippen LogP) is 3.35. The van der Waals surface area contributed by atoms with Gasteiger partial charge in [-0.05, 0) is 38.3 Å². The number of anilines is 1. The van der Waals surface area contributed by atoms with E-state index in [9.17, 15) is 14.4 Å². The van der Waals surface area contributed by atoms with Crippen molar-refractivity contribution in [1.29, 1.82) is 0 Å². The third-order valence-electron chi connectivity index (χ3n) is 4.70. The Kier molecular flexibility index (Phi) is 5.79. The minimum absolute atomic E-state index is 0.102. The lowest BCUT2D eigenvalue weighted by Crippen LogP contribution is -2.32. The maximum atomic E-state index is 12.2. The highest BCUT2D eigenvalue weighted by Gasteiger charge is 2.32. The van der Waals surface area contributed by atoms with E-state index in [1.165, 1.54) is 26.7 Å². The van der Waals surface area contributed by atoms with Gasteiger partial charge in [-0.3, -0.25) is 14.5 Å². The van der Waals surface area contributed by atoms with Gasteiger partial charge in [0, 0.05) is 31.0 Å². The van der Waals surface area contributed by atoms with Crippen molar-refractivity contribution in [1.82, 2.24) is 14.8 Å². The summed E-state index contributed by atoms with van der Waals surface area (Å²) in [7, 11) is 1.59. The molecule has 4 amide bonds. The molecular weight excluding hydrogens is 376 g/mol. The van der Waals surface area contributed by atoms with Crippen molar-refractivity contribution < 1.29 is 14.4 Å². The zero-order valence-corrected chi connectivity index (χ0v) is 17.4. The maximum Gasteiger partial charge on any atom is 0.326 e. The van der Waals surface area contributed by atoms with E-state index in [-0.39, 0.29) is 37.4 Å². The average molecular weight is 401 g/mol. The van der Waals surface area contributed by atoms with Crippen LogP contribution < -0.4 is 5.32 Å². The fourth-order valence-electron chi connectivity index (χ4n) is 3.50. The molecule has 2 aromatic rings. The molecule has 8 heteroatoms. The SMILES string of the molecule is Cc1cc(C)c(-c2csc(NC(=O)CCCN3C(=O)CN(C)C3=O)n2)c(C)c1. The number of carbonyl (C=O) groups excluding carboxylic acids is 3. The van der Waals surface area contributed by atoms with Gasteiger partial charge in [-0.15, -0.1) is 11.3 Å². The minimum atomic E-state index is -0.307. The zero-order chi connectivity index (χ0) is 20.4. The van der Waals surface area contributed by atoms with Gasteiger partial charge in [-0.1, -0.05) is 17.7 Å². The highest BCUT2D eigenvalue weighted by Crippen LogP contribution is 2.31. The molecule has 0 spiro atoms. The van der Waals surface area contributed by atoms with Crippen molar-refractivity contribution in [2.75, 3.05) is 25.5 Å². The van der Waals surface area contributed by atoms with E-state index in [4.69, 9.17) is 0 Å². The van der Waals surface area contributed by atoms with Crippen LogP contribution in [0.5, 0.6) is 0 Å². The molecule has 1 aromatic heterocycles. The molecule has 3 rings (SSSR count). The summed E-state index contributed by atoms with van der Waals surface area (Å²) in [5.41, 5.74) is 5.48. The first kappa shape index (κ1) is 20.0. The number of urea groups is 1. The molecule has 2 heterocycles. The first-order chi connectivity index (χ1) is 13.3. The Bertz CT molecular complexity index is 914. The van der Waals surface area contributed by atoms with Gasteiger partial charge in [-0.25, -0.2) is 9.78 Å². The van der Waals surface area contributed by atoms with Crippen LogP contribution in [-0.2, 0) is 9.59 Å². The monoisotopic (exact) mass is 400 g/mol. The number of hydrogen-bond acceptors (Lipinski definition) is 5. The molecule has 1 aliphatic rings. The van der Waals surface area contributed by atoms with Gasteiger partial charge in [0.15, 0.2) is 5.13 Å². The van der Waals surface area contributed by atoms with Crippen molar-refractivity contribution in [3.05, 3.63) is 34.2 Å². The highest BCUT2D eigenvalue weighted by molar-refractivity contribution is 7.14. The fraction of sp³-hybridized carbons (Fsp3) is 0.400. The summed E-state index contributed by atoms with van der Waals surface area (Å²) < 4.78 is 0. The van der Waals surface area contributed by atoms with Crippen LogP contribution in [0.25, 0.3) is 11.3 Å². The molecular formula is C20H24N4O3S. The molecule has 28 heavy (non-hydrogen) atoms. The Hall–Kier alpha value is -2.74. The van der Waals surface area contributed by atoms with Gasteiger partial charge in [-0.2, -0.15) is 0 Å². The number of benzene rings is 1. The van der Waals surface area contributed by atoms with Crippen LogP contribution in [0.4, 0.5) is 9.93 Å². The number of likely N-dealkylation sites (N-methyl/N-ethyl adjacent to an activating group) is 1. The number of imide groups is 1. The third kappa shape index (κ3) is 4.22. The number of amides is 4. The standard InChI is InChI=1S/C20H24N4O3S/c1-12-8-13(2)18(14(3)9-12)15-11-28-19(21-15)22-16(25)6-5-7-24-17(26)10-23(4)20(24)27/h8-9,11H,5-7,10H2,1-4H3,(H,21,22,25). The van der Waals surface area contributed by atoms with Gasteiger partial charge in [0.2, 0.25) is 11.8 Å². The summed E-state index contributed by atoms with van der Waals surface area (Å²) in [6.45, 7) is 6.54. The molecule has 148 valence electrons. The quantitative estimate of drug-likeness (QED) is 0.754. The summed E-state index contributed by atoms with van der Waals surface area (Å²) in [6.07, 6.45) is 0.643. The molecule has 0 saturated carbocycles. The number of rotatable bonds is 6. The van der Waals surface area contributed by atoms with Crippen molar-refractivity contribution in [2.24, 2.45) is 0 Å². The van der Waals surface area contributed by atoms with Crippen molar-refractivity contribution in [3.63, 3.8) is 0 Å². The topological polar surface area (TPSA) is 82.6 Å². The van der Waals surface area contributed by atoms with E-state index in [1.807, 2.05) is 5.38 Å². The van der Waals surface area contributed by atoms with E-state index in [0.29, 0.717) is 11.6 Å². The lowest BCUT2D eigenvalue weighted by atomic mass is 9.98. The molecule has 7 nitrogen and oxygen atoms in total. The molecule has 0 aliphatic carbocycles. The molecule has 1 saturated heterocycles. The van der Waals surface area contributed by atoms with E-state index >= 15 is 0 Å². The molecule has 1 aliphatic heterocycles. The van der Waals surface area contributed by atoms with Gasteiger partial charge in [0.25, 0.3) is 0 Å². The first-order valence-corrected chi connectivity index (χ1v) is 10.0. The lowest BCUT2D eigenvalue weighted by Gasteiger charge is -2.13. The summed E-state index contributed by atoms with van der Waals surface area (Å²) in [4.78, 5) is 42.9. The van der Waals surface area contributed by atoms with Crippen LogP contribution in [0.1, 0.15) is 29.5 Å². The summed E-state index contributed by atoms with van der Waals surface area (Å²) in [5, 5.41) is 5.30. The predicted molar refractivity (Wildman–Crippen MR) is 109 cm³/mol. The van der Waals surface area contributed by atoms with Gasteiger partial charge in [0.1, 0.15) is 6.54 Å². The maximum absolute atomic E-state index is 12.2. The molecule has 0 atom stereocenters. The normalized spacial score (nSPS) is 14.1. The second kappa shape index (κ2) is 8.10. The second-order valence-electron chi connectivity index (χ2n) is 7.15. The smallest absolute Gasteiger partial charge is 0.318 e. The number of hydrogen-bond donors (Lipinski definition) is 1. The van der Waals surface area contributed by atoms with Gasteiger partial charge in [0.05, 0.1) is 5.69 Å². The van der Waals surface area contributed by atoms with E-state index in [2.05, 4.69) is 43.2 Å². The van der Waals surface area contributed by atoms with Crippen LogP contribution in [-0.4, -0.2) is 52.8 Å². The Morgan fingerprint density at radius 2 is 1.89 bits per heavy atom. The molecule has 1 N–H and O–H groups in total. The number of nitrogens with zero attached hydrogens (tertiary/aromatic N) is 3. The Morgan fingerprint density at radius 3 is 2.50 bits per heavy atom. The molecule has 1 fully saturated rings. The van der Waals surface area contributed by atoms with E-state index < -0.39 is 0 Å². The zero-order valence-electron chi connectivity index (χ0n) is 16.5. The van der Waals surface area contributed by atoms with Gasteiger partial charge < -0.3 is 10.2 Å². The van der Waals surface area contributed by atoms with Gasteiger partial charge >= 0.3 is 6.03 Å². The summed E-state index contributed by atoms with van der Waals surface area (Å²) >= 11 is 1.39. The van der Waals surface area contributed by atoms with Crippen LogP contribution in [0, 0.1) is 20.8 Å². The summed E-state index contributed by atoms with van der Waals surface area (Å²) in [5.74, 6) is -0.396. The first-order valence-electron chi connectivity index (χ1n) is 9.15. The molecule has 0 bridgehead atoms.